The third-order valence-electron chi connectivity index (χ3n) is 4.18. The lowest BCUT2D eigenvalue weighted by Gasteiger charge is -2.16. The Hall–Kier alpha value is -1.40. The van der Waals surface area contributed by atoms with Crippen LogP contribution >= 0.6 is 0 Å². The van der Waals surface area contributed by atoms with Crippen molar-refractivity contribution in [2.45, 2.75) is 51.0 Å². The molecular formula is C17H26N2O3S. The van der Waals surface area contributed by atoms with Crippen molar-refractivity contribution in [1.82, 2.24) is 10.0 Å². The lowest BCUT2D eigenvalue weighted by molar-refractivity contribution is -0.120. The van der Waals surface area contributed by atoms with Gasteiger partial charge in [0.1, 0.15) is 0 Å². The minimum Gasteiger partial charge on any atom is -0.352 e. The topological polar surface area (TPSA) is 75.3 Å². The van der Waals surface area contributed by atoms with Crippen molar-refractivity contribution in [3.63, 3.8) is 0 Å². The minimum atomic E-state index is -3.43. The number of rotatable bonds is 7. The van der Waals surface area contributed by atoms with Crippen molar-refractivity contribution in [3.05, 3.63) is 35.9 Å². The zero-order valence-corrected chi connectivity index (χ0v) is 14.3. The predicted molar refractivity (Wildman–Crippen MR) is 91.6 cm³/mol. The molecule has 0 spiro atoms. The quantitative estimate of drug-likeness (QED) is 0.747. The molecule has 0 saturated heterocycles. The number of amides is 1. The summed E-state index contributed by atoms with van der Waals surface area (Å²) in [5, 5.41) is 2.94. The number of carbonyl (C=O) groups excluding carboxylic acids is 1. The summed E-state index contributed by atoms with van der Waals surface area (Å²) in [6.45, 7) is -0.173. The molecule has 2 rings (SSSR count). The zero-order valence-electron chi connectivity index (χ0n) is 13.5. The van der Waals surface area contributed by atoms with E-state index < -0.39 is 10.0 Å². The first-order valence-electron chi connectivity index (χ1n) is 8.36. The van der Waals surface area contributed by atoms with Crippen LogP contribution in [0.1, 0.15) is 44.1 Å². The molecule has 1 amide bonds. The third-order valence-corrected chi connectivity index (χ3v) is 5.50. The Morgan fingerprint density at radius 1 is 1.04 bits per heavy atom. The summed E-state index contributed by atoms with van der Waals surface area (Å²) in [6, 6.07) is 9.65. The van der Waals surface area contributed by atoms with Crippen LogP contribution in [0.25, 0.3) is 0 Å². The molecule has 0 atom stereocenters. The lowest BCUT2D eigenvalue weighted by Crippen LogP contribution is -2.42. The molecule has 1 saturated carbocycles. The maximum absolute atomic E-state index is 12.0. The Bertz CT molecular complexity index is 579. The van der Waals surface area contributed by atoms with Gasteiger partial charge in [0.15, 0.2) is 0 Å². The number of hydrogen-bond acceptors (Lipinski definition) is 3. The summed E-state index contributed by atoms with van der Waals surface area (Å²) in [4.78, 5) is 11.9. The second-order valence-corrected chi connectivity index (χ2v) is 8.06. The van der Waals surface area contributed by atoms with E-state index in [-0.39, 0.29) is 24.2 Å². The fourth-order valence-corrected chi connectivity index (χ4v) is 3.85. The van der Waals surface area contributed by atoms with Crippen LogP contribution in [0.2, 0.25) is 0 Å². The summed E-state index contributed by atoms with van der Waals surface area (Å²) in [5.41, 5.74) is 0.973. The molecule has 0 radical (unpaired) electrons. The highest BCUT2D eigenvalue weighted by atomic mass is 32.2. The molecule has 2 N–H and O–H groups in total. The summed E-state index contributed by atoms with van der Waals surface area (Å²) in [7, 11) is -3.43. The fraction of sp³-hybridized carbons (Fsp3) is 0.588. The van der Waals surface area contributed by atoms with Gasteiger partial charge in [-0.3, -0.25) is 4.79 Å². The first kappa shape index (κ1) is 17.9. The van der Waals surface area contributed by atoms with Crippen LogP contribution < -0.4 is 10.0 Å². The van der Waals surface area contributed by atoms with Crippen LogP contribution in [0.4, 0.5) is 0 Å². The van der Waals surface area contributed by atoms with E-state index in [1.54, 1.807) is 0 Å². The number of benzene rings is 1. The second kappa shape index (κ2) is 9.03. The fourth-order valence-electron chi connectivity index (χ4n) is 2.85. The number of aryl methyl sites for hydroxylation is 1. The van der Waals surface area contributed by atoms with Gasteiger partial charge < -0.3 is 5.32 Å². The number of nitrogens with one attached hydrogen (secondary N) is 2. The Morgan fingerprint density at radius 2 is 1.70 bits per heavy atom. The van der Waals surface area contributed by atoms with Gasteiger partial charge in [0.25, 0.3) is 0 Å². The van der Waals surface area contributed by atoms with E-state index >= 15 is 0 Å². The van der Waals surface area contributed by atoms with E-state index in [2.05, 4.69) is 10.0 Å². The Balaban J connectivity index is 1.71. The number of sulfonamides is 1. The zero-order chi connectivity index (χ0) is 16.5. The average Bonchev–Trinajstić information content (AvgIpc) is 2.81. The maximum atomic E-state index is 12.0. The van der Waals surface area contributed by atoms with Crippen molar-refractivity contribution in [2.75, 3.05) is 12.3 Å². The van der Waals surface area contributed by atoms with Gasteiger partial charge in [-0.25, -0.2) is 13.1 Å². The van der Waals surface area contributed by atoms with Gasteiger partial charge >= 0.3 is 0 Å². The van der Waals surface area contributed by atoms with Crippen LogP contribution in [0, 0.1) is 0 Å². The van der Waals surface area contributed by atoms with Gasteiger partial charge in [0.2, 0.25) is 15.9 Å². The monoisotopic (exact) mass is 338 g/mol. The minimum absolute atomic E-state index is 0.00623. The van der Waals surface area contributed by atoms with E-state index in [0.717, 1.165) is 31.2 Å². The van der Waals surface area contributed by atoms with Gasteiger partial charge in [-0.2, -0.15) is 0 Å². The van der Waals surface area contributed by atoms with Crippen molar-refractivity contribution >= 4 is 15.9 Å². The predicted octanol–water partition coefficient (Wildman–Crippen LogP) is 1.99. The van der Waals surface area contributed by atoms with E-state index in [9.17, 15) is 13.2 Å². The molecule has 0 aromatic heterocycles. The molecule has 0 unspecified atom stereocenters. The van der Waals surface area contributed by atoms with Crippen molar-refractivity contribution in [2.24, 2.45) is 0 Å². The van der Waals surface area contributed by atoms with E-state index in [1.807, 2.05) is 30.3 Å². The standard InChI is InChI=1S/C17H26N2O3S/c20-17(19-16-10-6-1-2-7-11-16)14-18-23(21,22)13-12-15-8-4-3-5-9-15/h3-5,8-9,16,18H,1-2,6-7,10-14H2,(H,19,20). The molecular weight excluding hydrogens is 312 g/mol. The molecule has 1 aliphatic rings. The Kier molecular flexibility index (Phi) is 7.05. The number of hydrogen-bond donors (Lipinski definition) is 2. The SMILES string of the molecule is O=C(CNS(=O)(=O)CCc1ccccc1)NC1CCCCCC1. The van der Waals surface area contributed by atoms with Gasteiger partial charge in [-0.05, 0) is 24.8 Å². The second-order valence-electron chi connectivity index (χ2n) is 6.13. The molecule has 0 aliphatic heterocycles. The molecule has 1 fully saturated rings. The molecule has 23 heavy (non-hydrogen) atoms. The average molecular weight is 338 g/mol. The molecule has 1 aliphatic carbocycles. The van der Waals surface area contributed by atoms with Crippen LogP contribution in [-0.4, -0.2) is 32.7 Å². The molecule has 6 heteroatoms. The first-order valence-corrected chi connectivity index (χ1v) is 10.0. The van der Waals surface area contributed by atoms with Gasteiger partial charge in [-0.1, -0.05) is 56.0 Å². The molecule has 1 aromatic rings. The number of carbonyl (C=O) groups is 1. The van der Waals surface area contributed by atoms with Crippen LogP contribution in [0.5, 0.6) is 0 Å². The summed E-state index contributed by atoms with van der Waals surface area (Å²) >= 11 is 0. The third kappa shape index (κ3) is 7.14. The van der Waals surface area contributed by atoms with Gasteiger partial charge in [0.05, 0.1) is 12.3 Å². The molecule has 128 valence electrons. The van der Waals surface area contributed by atoms with E-state index in [4.69, 9.17) is 0 Å². The van der Waals surface area contributed by atoms with E-state index in [1.165, 1.54) is 12.8 Å². The van der Waals surface area contributed by atoms with Crippen molar-refractivity contribution in [3.8, 4) is 0 Å². The highest BCUT2D eigenvalue weighted by Crippen LogP contribution is 2.16. The molecule has 1 aromatic carbocycles. The van der Waals surface area contributed by atoms with Crippen molar-refractivity contribution in [1.29, 1.82) is 0 Å². The molecule has 0 heterocycles. The van der Waals surface area contributed by atoms with Crippen molar-refractivity contribution < 1.29 is 13.2 Å². The van der Waals surface area contributed by atoms with Crippen LogP contribution in [0.15, 0.2) is 30.3 Å². The summed E-state index contributed by atoms with van der Waals surface area (Å²) in [6.07, 6.45) is 7.14. The van der Waals surface area contributed by atoms with Gasteiger partial charge in [-0.15, -0.1) is 0 Å². The Labute approximate surface area is 138 Å². The summed E-state index contributed by atoms with van der Waals surface area (Å²) in [5.74, 6) is -0.242. The smallest absolute Gasteiger partial charge is 0.235 e. The highest BCUT2D eigenvalue weighted by molar-refractivity contribution is 7.89. The maximum Gasteiger partial charge on any atom is 0.235 e. The highest BCUT2D eigenvalue weighted by Gasteiger charge is 2.17. The molecule has 0 bridgehead atoms. The van der Waals surface area contributed by atoms with E-state index in [0.29, 0.717) is 6.42 Å². The molecule has 5 nitrogen and oxygen atoms in total. The largest absolute Gasteiger partial charge is 0.352 e. The van der Waals surface area contributed by atoms with Crippen LogP contribution in [-0.2, 0) is 21.2 Å². The van der Waals surface area contributed by atoms with Crippen LogP contribution in [0.3, 0.4) is 0 Å². The Morgan fingerprint density at radius 3 is 2.35 bits per heavy atom. The lowest BCUT2D eigenvalue weighted by atomic mass is 10.1. The normalized spacial score (nSPS) is 16.7. The van der Waals surface area contributed by atoms with Gasteiger partial charge in [0, 0.05) is 6.04 Å². The first-order chi connectivity index (χ1) is 11.1. The summed E-state index contributed by atoms with van der Waals surface area (Å²) < 4.78 is 26.3.